The van der Waals surface area contributed by atoms with E-state index in [1.54, 1.807) is 23.1 Å². The van der Waals surface area contributed by atoms with Gasteiger partial charge in [0.15, 0.2) is 5.16 Å². The van der Waals surface area contributed by atoms with Crippen molar-refractivity contribution < 1.29 is 4.79 Å². The van der Waals surface area contributed by atoms with Gasteiger partial charge < -0.3 is 9.47 Å². The SMILES string of the molecule is CC1CCN(C(=O)[C@H](C)Sc2nnc(Cc3cccs3)n2C2CC2)CC1. The molecule has 2 aromatic heterocycles. The van der Waals surface area contributed by atoms with Crippen LogP contribution in [0.25, 0.3) is 0 Å². The number of carbonyl (C=O) groups is 1. The van der Waals surface area contributed by atoms with E-state index in [4.69, 9.17) is 0 Å². The largest absolute Gasteiger partial charge is 0.342 e. The minimum absolute atomic E-state index is 0.111. The Balaban J connectivity index is 1.45. The van der Waals surface area contributed by atoms with E-state index in [0.29, 0.717) is 6.04 Å². The van der Waals surface area contributed by atoms with Gasteiger partial charge in [-0.15, -0.1) is 21.5 Å². The van der Waals surface area contributed by atoms with Gasteiger partial charge in [0.05, 0.1) is 5.25 Å². The molecule has 2 fully saturated rings. The predicted octanol–water partition coefficient (Wildman–Crippen LogP) is 4.00. The monoisotopic (exact) mass is 390 g/mol. The maximum atomic E-state index is 12.8. The summed E-state index contributed by atoms with van der Waals surface area (Å²) in [4.78, 5) is 16.2. The molecule has 1 saturated heterocycles. The number of hydrogen-bond donors (Lipinski definition) is 0. The molecule has 7 heteroatoms. The molecule has 1 atom stereocenters. The molecule has 2 aromatic rings. The lowest BCUT2D eigenvalue weighted by Gasteiger charge is -2.32. The van der Waals surface area contributed by atoms with E-state index >= 15 is 0 Å². The number of aromatic nitrogens is 3. The Bertz CT molecular complexity index is 746. The highest BCUT2D eigenvalue weighted by molar-refractivity contribution is 8.00. The van der Waals surface area contributed by atoms with Crippen LogP contribution in [0.15, 0.2) is 22.7 Å². The van der Waals surface area contributed by atoms with Gasteiger partial charge in [-0.2, -0.15) is 0 Å². The lowest BCUT2D eigenvalue weighted by atomic mass is 9.99. The van der Waals surface area contributed by atoms with Gasteiger partial charge in [0.2, 0.25) is 5.91 Å². The summed E-state index contributed by atoms with van der Waals surface area (Å²) in [6.07, 6.45) is 5.44. The number of likely N-dealkylation sites (tertiary alicyclic amines) is 1. The van der Waals surface area contributed by atoms with Gasteiger partial charge in [-0.05, 0) is 50.0 Å². The summed E-state index contributed by atoms with van der Waals surface area (Å²) in [6, 6.07) is 4.74. The molecule has 0 unspecified atom stereocenters. The summed E-state index contributed by atoms with van der Waals surface area (Å²) < 4.78 is 2.28. The van der Waals surface area contributed by atoms with Crippen LogP contribution < -0.4 is 0 Å². The Labute approximate surface area is 163 Å². The highest BCUT2D eigenvalue weighted by Gasteiger charge is 2.32. The van der Waals surface area contributed by atoms with Gasteiger partial charge in [0, 0.05) is 30.4 Å². The first-order chi connectivity index (χ1) is 12.6. The summed E-state index contributed by atoms with van der Waals surface area (Å²) in [7, 11) is 0. The van der Waals surface area contributed by atoms with Crippen molar-refractivity contribution in [3.8, 4) is 0 Å². The molecule has 0 N–H and O–H groups in total. The van der Waals surface area contributed by atoms with E-state index in [-0.39, 0.29) is 11.2 Å². The van der Waals surface area contributed by atoms with E-state index in [9.17, 15) is 4.79 Å². The van der Waals surface area contributed by atoms with Crippen molar-refractivity contribution in [3.05, 3.63) is 28.2 Å². The first-order valence-electron chi connectivity index (χ1n) is 9.53. The van der Waals surface area contributed by atoms with E-state index in [0.717, 1.165) is 49.3 Å². The van der Waals surface area contributed by atoms with E-state index in [1.165, 1.54) is 17.7 Å². The Morgan fingerprint density at radius 1 is 1.31 bits per heavy atom. The van der Waals surface area contributed by atoms with Gasteiger partial charge in [-0.1, -0.05) is 24.8 Å². The number of rotatable bonds is 6. The van der Waals surface area contributed by atoms with Crippen LogP contribution >= 0.6 is 23.1 Å². The number of amides is 1. The van der Waals surface area contributed by atoms with Crippen molar-refractivity contribution in [1.29, 1.82) is 0 Å². The third kappa shape index (κ3) is 3.98. The predicted molar refractivity (Wildman–Crippen MR) is 106 cm³/mol. The fraction of sp³-hybridized carbons (Fsp3) is 0.632. The molecule has 0 radical (unpaired) electrons. The highest BCUT2D eigenvalue weighted by atomic mass is 32.2. The quantitative estimate of drug-likeness (QED) is 0.700. The zero-order valence-corrected chi connectivity index (χ0v) is 17.1. The molecule has 0 bridgehead atoms. The first kappa shape index (κ1) is 18.0. The molecule has 1 amide bonds. The van der Waals surface area contributed by atoms with Crippen LogP contribution in [0, 0.1) is 5.92 Å². The van der Waals surface area contributed by atoms with Gasteiger partial charge in [0.1, 0.15) is 5.82 Å². The molecule has 4 rings (SSSR count). The zero-order valence-electron chi connectivity index (χ0n) is 15.4. The molecular formula is C19H26N4OS2. The third-order valence-corrected chi connectivity index (χ3v) is 7.21. The van der Waals surface area contributed by atoms with Gasteiger partial charge in [-0.25, -0.2) is 0 Å². The zero-order chi connectivity index (χ0) is 18.1. The number of hydrogen-bond acceptors (Lipinski definition) is 5. The molecule has 0 aromatic carbocycles. The topological polar surface area (TPSA) is 51.0 Å². The van der Waals surface area contributed by atoms with Gasteiger partial charge in [0.25, 0.3) is 0 Å². The van der Waals surface area contributed by atoms with Gasteiger partial charge in [-0.3, -0.25) is 4.79 Å². The van der Waals surface area contributed by atoms with Crippen molar-refractivity contribution in [2.75, 3.05) is 13.1 Å². The van der Waals surface area contributed by atoms with Crippen molar-refractivity contribution in [3.63, 3.8) is 0 Å². The molecule has 1 aliphatic heterocycles. The molecule has 5 nitrogen and oxygen atoms in total. The molecule has 1 aliphatic carbocycles. The summed E-state index contributed by atoms with van der Waals surface area (Å²) >= 11 is 3.33. The minimum atomic E-state index is -0.111. The maximum absolute atomic E-state index is 12.8. The van der Waals surface area contributed by atoms with Crippen molar-refractivity contribution in [1.82, 2.24) is 19.7 Å². The molecule has 3 heterocycles. The minimum Gasteiger partial charge on any atom is -0.342 e. The smallest absolute Gasteiger partial charge is 0.235 e. The van der Waals surface area contributed by atoms with Crippen LogP contribution in [0.3, 0.4) is 0 Å². The standard InChI is InChI=1S/C19H26N4OS2/c1-13-7-9-22(10-8-13)18(24)14(2)26-19-21-20-17(23(19)15-5-6-15)12-16-4-3-11-25-16/h3-4,11,13-15H,5-10,12H2,1-2H3/t14-/m0/s1. The van der Waals surface area contributed by atoms with Crippen LogP contribution in [-0.4, -0.2) is 43.9 Å². The van der Waals surface area contributed by atoms with E-state index in [2.05, 4.69) is 39.2 Å². The fourth-order valence-corrected chi connectivity index (χ4v) is 5.19. The van der Waals surface area contributed by atoms with Crippen LogP contribution in [0.5, 0.6) is 0 Å². The van der Waals surface area contributed by atoms with Crippen molar-refractivity contribution >= 4 is 29.0 Å². The molecule has 140 valence electrons. The Morgan fingerprint density at radius 3 is 2.73 bits per heavy atom. The summed E-state index contributed by atoms with van der Waals surface area (Å²) in [5.41, 5.74) is 0. The molecule has 1 saturated carbocycles. The summed E-state index contributed by atoms with van der Waals surface area (Å²) in [5.74, 6) is 2.01. The number of thioether (sulfide) groups is 1. The molecule has 2 aliphatic rings. The first-order valence-corrected chi connectivity index (χ1v) is 11.3. The Morgan fingerprint density at radius 2 is 2.08 bits per heavy atom. The lowest BCUT2D eigenvalue weighted by molar-refractivity contribution is -0.131. The lowest BCUT2D eigenvalue weighted by Crippen LogP contribution is -2.41. The van der Waals surface area contributed by atoms with E-state index < -0.39 is 0 Å². The average Bonchev–Trinajstić information content (AvgIpc) is 3.20. The highest BCUT2D eigenvalue weighted by Crippen LogP contribution is 2.40. The van der Waals surface area contributed by atoms with Crippen molar-refractivity contribution in [2.45, 2.75) is 62.4 Å². The summed E-state index contributed by atoms with van der Waals surface area (Å²) in [5, 5.41) is 11.8. The third-order valence-electron chi connectivity index (χ3n) is 5.28. The van der Waals surface area contributed by atoms with E-state index in [1.807, 2.05) is 11.8 Å². The van der Waals surface area contributed by atoms with Crippen LogP contribution in [0.2, 0.25) is 0 Å². The average molecular weight is 391 g/mol. The molecular weight excluding hydrogens is 364 g/mol. The Kier molecular flexibility index (Phi) is 5.36. The second kappa shape index (κ2) is 7.72. The van der Waals surface area contributed by atoms with Crippen LogP contribution in [-0.2, 0) is 11.2 Å². The Hall–Kier alpha value is -1.34. The molecule has 26 heavy (non-hydrogen) atoms. The second-order valence-corrected chi connectivity index (χ2v) is 9.86. The maximum Gasteiger partial charge on any atom is 0.235 e. The fourth-order valence-electron chi connectivity index (χ4n) is 3.47. The van der Waals surface area contributed by atoms with Crippen molar-refractivity contribution in [2.24, 2.45) is 5.92 Å². The van der Waals surface area contributed by atoms with Crippen LogP contribution in [0.1, 0.15) is 56.3 Å². The summed E-state index contributed by atoms with van der Waals surface area (Å²) in [6.45, 7) is 6.07. The number of thiophene rings is 1. The number of nitrogens with zero attached hydrogens (tertiary/aromatic N) is 4. The van der Waals surface area contributed by atoms with Gasteiger partial charge >= 0.3 is 0 Å². The second-order valence-electron chi connectivity index (χ2n) is 7.52. The molecule has 0 spiro atoms. The van der Waals surface area contributed by atoms with Crippen LogP contribution in [0.4, 0.5) is 0 Å². The number of carbonyl (C=O) groups excluding carboxylic acids is 1. The number of piperidine rings is 1. The normalized spacial score (nSPS) is 19.7.